The van der Waals surface area contributed by atoms with Crippen LogP contribution in [0.1, 0.15) is 5.56 Å². The highest BCUT2D eigenvalue weighted by atomic mass is 32.1. The van der Waals surface area contributed by atoms with Crippen molar-refractivity contribution in [2.45, 2.75) is 6.61 Å². The fourth-order valence-corrected chi connectivity index (χ4v) is 2.18. The van der Waals surface area contributed by atoms with Crippen molar-refractivity contribution in [1.29, 1.82) is 0 Å². The number of hydrogen-bond acceptors (Lipinski definition) is 4. The summed E-state index contributed by atoms with van der Waals surface area (Å²) in [6.45, 7) is 0.967. The fraction of sp³-hybridized carbons (Fsp3) is 0.375. The number of carboxylic acid groups (broad SMARTS) is 1. The first-order chi connectivity index (χ1) is 6.27. The number of ether oxygens (including phenoxy) is 1. The maximum atomic E-state index is 10.5. The summed E-state index contributed by atoms with van der Waals surface area (Å²) in [5.41, 5.74) is 2.08. The van der Waals surface area contributed by atoms with Crippen molar-refractivity contribution < 1.29 is 14.6 Å². The van der Waals surface area contributed by atoms with Gasteiger partial charge in [0.25, 0.3) is 0 Å². The highest BCUT2D eigenvalue weighted by Gasteiger charge is 2.19. The molecule has 1 N–H and O–H groups in total. The van der Waals surface area contributed by atoms with Gasteiger partial charge < -0.3 is 14.7 Å². The minimum atomic E-state index is -0.831. The van der Waals surface area contributed by atoms with E-state index in [9.17, 15) is 4.79 Å². The molecule has 0 saturated carbocycles. The van der Waals surface area contributed by atoms with Crippen LogP contribution < -0.4 is 4.90 Å². The summed E-state index contributed by atoms with van der Waals surface area (Å²) >= 11 is 1.57. The molecule has 0 bridgehead atoms. The SMILES string of the molecule is O=C(O)CN1COCc2cscc21. The number of aliphatic carboxylic acids is 1. The van der Waals surface area contributed by atoms with Crippen molar-refractivity contribution in [1.82, 2.24) is 0 Å². The lowest BCUT2D eigenvalue weighted by molar-refractivity contribution is -0.135. The monoisotopic (exact) mass is 199 g/mol. The van der Waals surface area contributed by atoms with E-state index in [1.165, 1.54) is 0 Å². The van der Waals surface area contributed by atoms with Crippen molar-refractivity contribution in [3.63, 3.8) is 0 Å². The van der Waals surface area contributed by atoms with Crippen molar-refractivity contribution >= 4 is 23.0 Å². The fourth-order valence-electron chi connectivity index (χ4n) is 1.33. The summed E-state index contributed by atoms with van der Waals surface area (Å²) in [7, 11) is 0. The highest BCUT2D eigenvalue weighted by Crippen LogP contribution is 2.28. The van der Waals surface area contributed by atoms with E-state index < -0.39 is 5.97 Å². The lowest BCUT2D eigenvalue weighted by Crippen LogP contribution is -2.34. The number of fused-ring (bicyclic) bond motifs is 1. The summed E-state index contributed by atoms with van der Waals surface area (Å²) in [6.07, 6.45) is 0. The predicted molar refractivity (Wildman–Crippen MR) is 49.0 cm³/mol. The van der Waals surface area contributed by atoms with E-state index in [0.29, 0.717) is 13.3 Å². The summed E-state index contributed by atoms with van der Waals surface area (Å²) in [4.78, 5) is 12.2. The second-order valence-electron chi connectivity index (χ2n) is 2.85. The molecule has 1 aliphatic heterocycles. The third-order valence-electron chi connectivity index (χ3n) is 1.89. The molecule has 1 aromatic rings. The molecule has 0 amide bonds. The van der Waals surface area contributed by atoms with Crippen molar-refractivity contribution in [3.8, 4) is 0 Å². The van der Waals surface area contributed by atoms with E-state index in [-0.39, 0.29) is 6.54 Å². The van der Waals surface area contributed by atoms with Crippen molar-refractivity contribution in [2.24, 2.45) is 0 Å². The second kappa shape index (κ2) is 3.35. The van der Waals surface area contributed by atoms with Gasteiger partial charge in [-0.15, -0.1) is 11.3 Å². The third kappa shape index (κ3) is 1.66. The molecular weight excluding hydrogens is 190 g/mol. The zero-order valence-electron chi connectivity index (χ0n) is 6.90. The molecule has 0 saturated heterocycles. The van der Waals surface area contributed by atoms with Crippen molar-refractivity contribution in [2.75, 3.05) is 18.2 Å². The minimum absolute atomic E-state index is 0.00370. The Labute approximate surface area is 79.4 Å². The normalized spacial score (nSPS) is 15.5. The molecule has 0 unspecified atom stereocenters. The molecule has 0 atom stereocenters. The predicted octanol–water partition coefficient (Wildman–Crippen LogP) is 1.13. The second-order valence-corrected chi connectivity index (χ2v) is 3.60. The third-order valence-corrected chi connectivity index (χ3v) is 2.67. The van der Waals surface area contributed by atoms with Crippen molar-refractivity contribution in [3.05, 3.63) is 16.3 Å². The first-order valence-electron chi connectivity index (χ1n) is 3.87. The summed E-state index contributed by atoms with van der Waals surface area (Å²) in [6, 6.07) is 0. The first kappa shape index (κ1) is 8.52. The molecule has 0 spiro atoms. The van der Waals surface area contributed by atoms with Crippen LogP contribution in [0.3, 0.4) is 0 Å². The Balaban J connectivity index is 2.20. The van der Waals surface area contributed by atoms with Crippen LogP contribution in [0.15, 0.2) is 10.8 Å². The summed E-state index contributed by atoms with van der Waals surface area (Å²) in [5.74, 6) is -0.831. The Morgan fingerprint density at radius 2 is 2.54 bits per heavy atom. The van der Waals surface area contributed by atoms with Gasteiger partial charge in [-0.3, -0.25) is 4.79 Å². The molecule has 1 aliphatic rings. The van der Waals surface area contributed by atoms with Gasteiger partial charge in [0.15, 0.2) is 0 Å². The highest BCUT2D eigenvalue weighted by molar-refractivity contribution is 7.08. The Kier molecular flexibility index (Phi) is 2.20. The molecule has 0 aromatic carbocycles. The van der Waals surface area contributed by atoms with Crippen LogP contribution in [0, 0.1) is 0 Å². The number of carboxylic acids is 1. The minimum Gasteiger partial charge on any atom is -0.480 e. The van der Waals surface area contributed by atoms with Crippen LogP contribution >= 0.6 is 11.3 Å². The molecule has 70 valence electrons. The number of anilines is 1. The van der Waals surface area contributed by atoms with Gasteiger partial charge in [-0.25, -0.2) is 0 Å². The topological polar surface area (TPSA) is 49.8 Å². The van der Waals surface area contributed by atoms with Crippen LogP contribution in [-0.4, -0.2) is 24.4 Å². The van der Waals surface area contributed by atoms with E-state index in [0.717, 1.165) is 11.3 Å². The molecule has 5 heteroatoms. The number of carbonyl (C=O) groups is 1. The van der Waals surface area contributed by atoms with E-state index >= 15 is 0 Å². The van der Waals surface area contributed by atoms with Gasteiger partial charge >= 0.3 is 5.97 Å². The Hall–Kier alpha value is -1.07. The standard InChI is InChI=1S/C8H9NO3S/c10-8(11)1-9-5-12-2-6-3-13-4-7(6)9/h3-4H,1-2,5H2,(H,10,11). The molecule has 0 radical (unpaired) electrons. The number of hydrogen-bond donors (Lipinski definition) is 1. The van der Waals surface area contributed by atoms with E-state index in [2.05, 4.69) is 0 Å². The van der Waals surface area contributed by atoms with E-state index in [4.69, 9.17) is 9.84 Å². The molecule has 4 nitrogen and oxygen atoms in total. The van der Waals surface area contributed by atoms with Crippen LogP contribution in [0.5, 0.6) is 0 Å². The summed E-state index contributed by atoms with van der Waals surface area (Å²) in [5, 5.41) is 12.6. The first-order valence-corrected chi connectivity index (χ1v) is 4.81. The Bertz CT molecular complexity index is 323. The molecule has 0 aliphatic carbocycles. The van der Waals surface area contributed by atoms with Crippen LogP contribution in [0.25, 0.3) is 0 Å². The molecule has 13 heavy (non-hydrogen) atoms. The van der Waals surface area contributed by atoms with Crippen LogP contribution in [-0.2, 0) is 16.1 Å². The molecule has 2 rings (SSSR count). The molecule has 0 fully saturated rings. The Morgan fingerprint density at radius 1 is 1.69 bits per heavy atom. The largest absolute Gasteiger partial charge is 0.480 e. The lowest BCUT2D eigenvalue weighted by atomic mass is 10.2. The van der Waals surface area contributed by atoms with Gasteiger partial charge in [0.05, 0.1) is 12.3 Å². The van der Waals surface area contributed by atoms with Gasteiger partial charge in [0.1, 0.15) is 13.3 Å². The lowest BCUT2D eigenvalue weighted by Gasteiger charge is -2.27. The maximum Gasteiger partial charge on any atom is 0.323 e. The molecular formula is C8H9NO3S. The number of thiophene rings is 1. The maximum absolute atomic E-state index is 10.5. The van der Waals surface area contributed by atoms with Gasteiger partial charge in [0, 0.05) is 10.9 Å². The van der Waals surface area contributed by atoms with Crippen LogP contribution in [0.2, 0.25) is 0 Å². The smallest absolute Gasteiger partial charge is 0.323 e. The molecule has 1 aromatic heterocycles. The number of rotatable bonds is 2. The zero-order chi connectivity index (χ0) is 9.26. The van der Waals surface area contributed by atoms with Gasteiger partial charge in [-0.05, 0) is 5.38 Å². The van der Waals surface area contributed by atoms with Gasteiger partial charge in [-0.1, -0.05) is 0 Å². The van der Waals surface area contributed by atoms with Gasteiger partial charge in [-0.2, -0.15) is 0 Å². The zero-order valence-corrected chi connectivity index (χ0v) is 7.71. The Morgan fingerprint density at radius 3 is 3.31 bits per heavy atom. The van der Waals surface area contributed by atoms with Crippen LogP contribution in [0.4, 0.5) is 5.69 Å². The molecule has 2 heterocycles. The van der Waals surface area contributed by atoms with Gasteiger partial charge in [0.2, 0.25) is 0 Å². The van der Waals surface area contributed by atoms with E-state index in [1.807, 2.05) is 10.8 Å². The average molecular weight is 199 g/mol. The quantitative estimate of drug-likeness (QED) is 0.775. The summed E-state index contributed by atoms with van der Waals surface area (Å²) < 4.78 is 5.24. The number of nitrogens with zero attached hydrogens (tertiary/aromatic N) is 1. The van der Waals surface area contributed by atoms with E-state index in [1.54, 1.807) is 16.2 Å². The average Bonchev–Trinajstić information content (AvgIpc) is 2.51.